The van der Waals surface area contributed by atoms with E-state index in [4.69, 9.17) is 5.11 Å². The molecule has 0 spiro atoms. The summed E-state index contributed by atoms with van der Waals surface area (Å²) in [7, 11) is 3.47. The maximum absolute atomic E-state index is 12.1. The Kier molecular flexibility index (Phi) is 5.36. The Hall–Kier alpha value is -1.34. The Labute approximate surface area is 106 Å². The van der Waals surface area contributed by atoms with Crippen molar-refractivity contribution in [1.29, 1.82) is 0 Å². The topological polar surface area (TPSA) is 93.1 Å². The van der Waals surface area contributed by atoms with E-state index in [1.807, 2.05) is 7.05 Å². The second-order valence-corrected chi connectivity index (χ2v) is 4.56. The molecule has 1 rings (SSSR count). The minimum absolute atomic E-state index is 0.0895. The fourth-order valence-electron chi connectivity index (χ4n) is 2.07. The molecule has 1 heterocycles. The van der Waals surface area contributed by atoms with Crippen LogP contribution in [0.4, 0.5) is 4.79 Å². The van der Waals surface area contributed by atoms with Crippen molar-refractivity contribution < 1.29 is 19.8 Å². The van der Waals surface area contributed by atoms with E-state index < -0.39 is 18.1 Å². The lowest BCUT2D eigenvalue weighted by atomic mass is 10.2. The van der Waals surface area contributed by atoms with Crippen LogP contribution in [0.15, 0.2) is 0 Å². The second-order valence-electron chi connectivity index (χ2n) is 4.56. The molecule has 1 aliphatic heterocycles. The molecular weight excluding hydrogens is 238 g/mol. The molecule has 1 aliphatic rings. The van der Waals surface area contributed by atoms with Crippen LogP contribution in [0.25, 0.3) is 0 Å². The number of β-amino-alcohol motifs (C(OH)–C–C–N with tert-alkyl or cyclic N) is 1. The Bertz CT molecular complexity index is 311. The highest BCUT2D eigenvalue weighted by Gasteiger charge is 2.39. The zero-order valence-electron chi connectivity index (χ0n) is 10.8. The highest BCUT2D eigenvalue weighted by atomic mass is 16.4. The molecule has 3 N–H and O–H groups in total. The molecule has 1 fully saturated rings. The smallest absolute Gasteiger partial charge is 0.326 e. The number of urea groups is 1. The Balaban J connectivity index is 2.56. The predicted molar refractivity (Wildman–Crippen MR) is 65.3 cm³/mol. The monoisotopic (exact) mass is 259 g/mol. The highest BCUT2D eigenvalue weighted by Crippen LogP contribution is 2.19. The minimum atomic E-state index is -1.07. The first-order chi connectivity index (χ1) is 8.47. The van der Waals surface area contributed by atoms with Crippen LogP contribution in [0.2, 0.25) is 0 Å². The number of aliphatic carboxylic acids is 1. The average molecular weight is 259 g/mol. The number of aliphatic hydroxyl groups excluding tert-OH is 1. The molecule has 0 bridgehead atoms. The van der Waals surface area contributed by atoms with E-state index in [1.165, 1.54) is 9.80 Å². The largest absolute Gasteiger partial charge is 0.480 e. The first kappa shape index (κ1) is 14.7. The number of aliphatic hydroxyl groups is 1. The van der Waals surface area contributed by atoms with Crippen LogP contribution in [0, 0.1) is 0 Å². The molecule has 0 aliphatic carbocycles. The number of carboxylic acids is 1. The number of carboxylic acid groups (broad SMARTS) is 1. The van der Waals surface area contributed by atoms with Crippen LogP contribution >= 0.6 is 0 Å². The predicted octanol–water partition coefficient (Wildman–Crippen LogP) is -0.832. The van der Waals surface area contributed by atoms with Gasteiger partial charge in [-0.15, -0.1) is 0 Å². The SMILES string of the molecule is CNCCCN(C)C(=O)N1CC(O)CC1C(=O)O. The first-order valence-electron chi connectivity index (χ1n) is 6.04. The quantitative estimate of drug-likeness (QED) is 0.560. The van der Waals surface area contributed by atoms with Gasteiger partial charge in [-0.05, 0) is 20.0 Å². The molecule has 0 aromatic heterocycles. The fraction of sp³-hybridized carbons (Fsp3) is 0.818. The first-order valence-corrected chi connectivity index (χ1v) is 6.04. The van der Waals surface area contributed by atoms with Gasteiger partial charge >= 0.3 is 12.0 Å². The average Bonchev–Trinajstić information content (AvgIpc) is 2.70. The summed E-state index contributed by atoms with van der Waals surface area (Å²) >= 11 is 0. The molecule has 0 saturated carbocycles. The third kappa shape index (κ3) is 3.58. The highest BCUT2D eigenvalue weighted by molar-refractivity contribution is 5.83. The van der Waals surface area contributed by atoms with Crippen molar-refractivity contribution in [1.82, 2.24) is 15.1 Å². The zero-order chi connectivity index (χ0) is 13.7. The zero-order valence-corrected chi connectivity index (χ0v) is 10.8. The van der Waals surface area contributed by atoms with Gasteiger partial charge in [0.1, 0.15) is 6.04 Å². The third-order valence-corrected chi connectivity index (χ3v) is 3.06. The standard InChI is InChI=1S/C11H21N3O4/c1-12-4-3-5-13(2)11(18)14-7-8(15)6-9(14)10(16)17/h8-9,12,15H,3-7H2,1-2H3,(H,16,17). The molecule has 2 amide bonds. The van der Waals surface area contributed by atoms with E-state index in [0.717, 1.165) is 13.0 Å². The molecule has 7 nitrogen and oxygen atoms in total. The molecule has 7 heteroatoms. The number of amides is 2. The van der Waals surface area contributed by atoms with Crippen molar-refractivity contribution in [2.75, 3.05) is 33.7 Å². The van der Waals surface area contributed by atoms with Gasteiger partial charge in [-0.1, -0.05) is 0 Å². The van der Waals surface area contributed by atoms with E-state index >= 15 is 0 Å². The van der Waals surface area contributed by atoms with E-state index in [0.29, 0.717) is 6.54 Å². The molecule has 18 heavy (non-hydrogen) atoms. The molecular formula is C11H21N3O4. The van der Waals surface area contributed by atoms with Gasteiger partial charge in [-0.25, -0.2) is 9.59 Å². The summed E-state index contributed by atoms with van der Waals surface area (Å²) in [6.07, 6.45) is 0.152. The van der Waals surface area contributed by atoms with Crippen LogP contribution < -0.4 is 5.32 Å². The third-order valence-electron chi connectivity index (χ3n) is 3.06. The fourth-order valence-corrected chi connectivity index (χ4v) is 2.07. The van der Waals surface area contributed by atoms with Gasteiger partial charge in [0, 0.05) is 26.6 Å². The Morgan fingerprint density at radius 2 is 2.17 bits per heavy atom. The van der Waals surface area contributed by atoms with Crippen molar-refractivity contribution in [2.45, 2.75) is 25.0 Å². The van der Waals surface area contributed by atoms with E-state index in [-0.39, 0.29) is 19.0 Å². The lowest BCUT2D eigenvalue weighted by molar-refractivity contribution is -0.141. The van der Waals surface area contributed by atoms with Gasteiger partial charge in [0.2, 0.25) is 0 Å². The summed E-state index contributed by atoms with van der Waals surface area (Å²) in [5.74, 6) is -1.07. The van der Waals surface area contributed by atoms with Crippen molar-refractivity contribution in [3.8, 4) is 0 Å². The van der Waals surface area contributed by atoms with Gasteiger partial charge in [-0.2, -0.15) is 0 Å². The summed E-state index contributed by atoms with van der Waals surface area (Å²) in [6.45, 7) is 1.44. The number of carbonyl (C=O) groups is 2. The maximum Gasteiger partial charge on any atom is 0.326 e. The molecule has 1 saturated heterocycles. The molecule has 104 valence electrons. The van der Waals surface area contributed by atoms with E-state index in [1.54, 1.807) is 7.05 Å². The van der Waals surface area contributed by atoms with Gasteiger partial charge in [0.15, 0.2) is 0 Å². The number of hydrogen-bond donors (Lipinski definition) is 3. The number of rotatable bonds is 5. The maximum atomic E-state index is 12.1. The number of nitrogens with zero attached hydrogens (tertiary/aromatic N) is 2. The summed E-state index contributed by atoms with van der Waals surface area (Å²) in [6, 6.07) is -1.26. The molecule has 2 unspecified atom stereocenters. The molecule has 2 atom stereocenters. The van der Waals surface area contributed by atoms with Crippen LogP contribution in [-0.2, 0) is 4.79 Å². The molecule has 0 aromatic rings. The van der Waals surface area contributed by atoms with Crippen molar-refractivity contribution in [2.24, 2.45) is 0 Å². The lowest BCUT2D eigenvalue weighted by Gasteiger charge is -2.27. The summed E-state index contributed by atoms with van der Waals surface area (Å²) in [5, 5.41) is 21.5. The number of carbonyl (C=O) groups excluding carboxylic acids is 1. The van der Waals surface area contributed by atoms with Crippen molar-refractivity contribution >= 4 is 12.0 Å². The van der Waals surface area contributed by atoms with E-state index in [2.05, 4.69) is 5.32 Å². The van der Waals surface area contributed by atoms with Crippen LogP contribution in [0.5, 0.6) is 0 Å². The Morgan fingerprint density at radius 3 is 2.72 bits per heavy atom. The minimum Gasteiger partial charge on any atom is -0.480 e. The Morgan fingerprint density at radius 1 is 1.50 bits per heavy atom. The van der Waals surface area contributed by atoms with Crippen molar-refractivity contribution in [3.05, 3.63) is 0 Å². The van der Waals surface area contributed by atoms with Crippen LogP contribution in [-0.4, -0.2) is 77.9 Å². The summed E-state index contributed by atoms with van der Waals surface area (Å²) in [5.41, 5.74) is 0. The van der Waals surface area contributed by atoms with E-state index in [9.17, 15) is 14.7 Å². The number of hydrogen-bond acceptors (Lipinski definition) is 4. The second kappa shape index (κ2) is 6.55. The van der Waals surface area contributed by atoms with Gasteiger partial charge < -0.3 is 25.3 Å². The van der Waals surface area contributed by atoms with Crippen LogP contribution in [0.1, 0.15) is 12.8 Å². The van der Waals surface area contributed by atoms with Gasteiger partial charge in [0.05, 0.1) is 6.10 Å². The molecule has 0 aromatic carbocycles. The number of nitrogens with one attached hydrogen (secondary N) is 1. The van der Waals surface area contributed by atoms with Gasteiger partial charge in [-0.3, -0.25) is 0 Å². The summed E-state index contributed by atoms with van der Waals surface area (Å²) < 4.78 is 0. The van der Waals surface area contributed by atoms with Crippen molar-refractivity contribution in [3.63, 3.8) is 0 Å². The molecule has 0 radical (unpaired) electrons. The number of likely N-dealkylation sites (tertiary alicyclic amines) is 1. The normalized spacial score (nSPS) is 23.2. The van der Waals surface area contributed by atoms with Crippen LogP contribution in [0.3, 0.4) is 0 Å². The summed E-state index contributed by atoms with van der Waals surface area (Å²) in [4.78, 5) is 25.8. The lowest BCUT2D eigenvalue weighted by Crippen LogP contribution is -2.47. The van der Waals surface area contributed by atoms with Gasteiger partial charge in [0.25, 0.3) is 0 Å².